The van der Waals surface area contributed by atoms with Crippen LogP contribution < -0.4 is 10.2 Å². The number of likely N-dealkylation sites (N-methyl/N-ethyl adjacent to an activating group) is 1. The number of anilines is 1. The fraction of sp³-hybridized carbons (Fsp3) is 0.647. The molecule has 1 saturated heterocycles. The number of carbonyl (C=O) groups is 1. The van der Waals surface area contributed by atoms with Gasteiger partial charge in [-0.2, -0.15) is 22.7 Å². The molecule has 3 rings (SSSR count). The van der Waals surface area contributed by atoms with E-state index in [1.165, 1.54) is 0 Å². The molecule has 0 radical (unpaired) electrons. The number of hydrogen-bond donors (Lipinski definition) is 1. The monoisotopic (exact) mass is 399 g/mol. The summed E-state index contributed by atoms with van der Waals surface area (Å²) < 4.78 is 40.1. The van der Waals surface area contributed by atoms with Gasteiger partial charge in [0, 0.05) is 32.4 Å². The maximum atomic E-state index is 13.0. The Balaban J connectivity index is 1.71. The molecule has 0 saturated carbocycles. The molecule has 0 bridgehead atoms. The largest absolute Gasteiger partial charge is 0.453 e. The van der Waals surface area contributed by atoms with Gasteiger partial charge in [0.2, 0.25) is 5.91 Å². The highest BCUT2D eigenvalue weighted by Crippen LogP contribution is 2.28. The zero-order valence-corrected chi connectivity index (χ0v) is 16.1. The van der Waals surface area contributed by atoms with Gasteiger partial charge < -0.3 is 10.2 Å². The molecule has 2 aromatic rings. The third-order valence-electron chi connectivity index (χ3n) is 4.95. The molecule has 11 heteroatoms. The number of nitrogens with zero attached hydrogens (tertiary/aromatic N) is 6. The van der Waals surface area contributed by atoms with Gasteiger partial charge in [-0.1, -0.05) is 0 Å². The van der Waals surface area contributed by atoms with Gasteiger partial charge in [0.1, 0.15) is 5.82 Å². The van der Waals surface area contributed by atoms with Gasteiger partial charge in [0.05, 0.1) is 6.54 Å². The number of aromatic nitrogens is 4. The van der Waals surface area contributed by atoms with Crippen molar-refractivity contribution in [1.82, 2.24) is 29.8 Å². The Morgan fingerprint density at radius 2 is 2.00 bits per heavy atom. The standard InChI is InChI=1S/C17H24F3N7O/c1-11-8-14(27-16(22-11)23-15(24-27)17(18,19)20)25(3)9-12-4-6-26(7-5-12)10-13(28)21-2/h8,12H,4-7,9-10H2,1-3H3,(H,21,28). The number of carbonyl (C=O) groups excluding carboxylic acids is 1. The topological polar surface area (TPSA) is 78.7 Å². The van der Waals surface area contributed by atoms with Crippen LogP contribution in [0.4, 0.5) is 19.0 Å². The summed E-state index contributed by atoms with van der Waals surface area (Å²) in [6, 6.07) is 1.71. The van der Waals surface area contributed by atoms with E-state index in [-0.39, 0.29) is 11.7 Å². The average molecular weight is 399 g/mol. The van der Waals surface area contributed by atoms with Gasteiger partial charge in [-0.15, -0.1) is 5.10 Å². The van der Waals surface area contributed by atoms with Gasteiger partial charge in [-0.25, -0.2) is 4.98 Å². The van der Waals surface area contributed by atoms with Gasteiger partial charge in [0.25, 0.3) is 11.6 Å². The average Bonchev–Trinajstić information content (AvgIpc) is 3.06. The first-order valence-corrected chi connectivity index (χ1v) is 9.13. The molecule has 0 aliphatic carbocycles. The molecule has 0 atom stereocenters. The number of alkyl halides is 3. The van der Waals surface area contributed by atoms with Gasteiger partial charge in [0.15, 0.2) is 0 Å². The minimum Gasteiger partial charge on any atom is -0.359 e. The number of piperidine rings is 1. The molecule has 1 fully saturated rings. The Hall–Kier alpha value is -2.43. The summed E-state index contributed by atoms with van der Waals surface area (Å²) in [7, 11) is 3.45. The van der Waals surface area contributed by atoms with E-state index in [1.54, 1.807) is 20.0 Å². The van der Waals surface area contributed by atoms with Crippen LogP contribution in [-0.2, 0) is 11.0 Å². The Kier molecular flexibility index (Phi) is 5.73. The summed E-state index contributed by atoms with van der Waals surface area (Å²) in [5.41, 5.74) is 0.580. The Morgan fingerprint density at radius 3 is 2.61 bits per heavy atom. The second kappa shape index (κ2) is 7.90. The van der Waals surface area contributed by atoms with Crippen LogP contribution in [0.2, 0.25) is 0 Å². The maximum Gasteiger partial charge on any atom is 0.453 e. The molecule has 1 amide bonds. The van der Waals surface area contributed by atoms with Crippen molar-refractivity contribution in [2.75, 3.05) is 45.2 Å². The summed E-state index contributed by atoms with van der Waals surface area (Å²) in [4.78, 5) is 23.1. The van der Waals surface area contributed by atoms with Crippen LogP contribution in [-0.4, -0.2) is 70.7 Å². The quantitative estimate of drug-likeness (QED) is 0.818. The molecule has 0 aromatic carbocycles. The number of aryl methyl sites for hydroxylation is 1. The number of halogens is 3. The molecule has 8 nitrogen and oxygen atoms in total. The van der Waals surface area contributed by atoms with Crippen LogP contribution in [0.5, 0.6) is 0 Å². The number of nitrogens with one attached hydrogen (secondary N) is 1. The molecule has 0 spiro atoms. The van der Waals surface area contributed by atoms with Crippen molar-refractivity contribution in [3.63, 3.8) is 0 Å². The van der Waals surface area contributed by atoms with Crippen LogP contribution >= 0.6 is 0 Å². The van der Waals surface area contributed by atoms with Crippen LogP contribution in [0.3, 0.4) is 0 Å². The zero-order valence-electron chi connectivity index (χ0n) is 16.1. The zero-order chi connectivity index (χ0) is 20.5. The summed E-state index contributed by atoms with van der Waals surface area (Å²) in [5.74, 6) is -0.354. The third kappa shape index (κ3) is 4.51. The highest BCUT2D eigenvalue weighted by atomic mass is 19.4. The predicted molar refractivity (Wildman–Crippen MR) is 97.0 cm³/mol. The second-order valence-electron chi connectivity index (χ2n) is 7.17. The van der Waals surface area contributed by atoms with Crippen molar-refractivity contribution in [3.05, 3.63) is 17.6 Å². The van der Waals surface area contributed by atoms with E-state index in [9.17, 15) is 18.0 Å². The van der Waals surface area contributed by atoms with Gasteiger partial charge >= 0.3 is 6.18 Å². The normalized spacial score (nSPS) is 16.5. The summed E-state index contributed by atoms with van der Waals surface area (Å²) >= 11 is 0. The molecule has 2 aromatic heterocycles. The lowest BCUT2D eigenvalue weighted by atomic mass is 9.96. The summed E-state index contributed by atoms with van der Waals surface area (Å²) in [6.45, 7) is 4.42. The second-order valence-corrected chi connectivity index (χ2v) is 7.17. The lowest BCUT2D eigenvalue weighted by Crippen LogP contribution is -2.42. The van der Waals surface area contributed by atoms with E-state index in [2.05, 4.69) is 25.3 Å². The Bertz CT molecular complexity index is 843. The first-order valence-electron chi connectivity index (χ1n) is 9.13. The minimum absolute atomic E-state index is 0.00290. The maximum absolute atomic E-state index is 13.0. The molecule has 28 heavy (non-hydrogen) atoms. The van der Waals surface area contributed by atoms with Crippen molar-refractivity contribution in [3.8, 4) is 0 Å². The first kappa shape index (κ1) is 20.3. The number of fused-ring (bicyclic) bond motifs is 1. The number of amides is 1. The highest BCUT2D eigenvalue weighted by Gasteiger charge is 2.37. The third-order valence-corrected chi connectivity index (χ3v) is 4.95. The molecule has 1 N–H and O–H groups in total. The lowest BCUT2D eigenvalue weighted by Gasteiger charge is -2.34. The van der Waals surface area contributed by atoms with E-state index in [4.69, 9.17) is 0 Å². The number of hydrogen-bond acceptors (Lipinski definition) is 6. The molecule has 154 valence electrons. The predicted octanol–water partition coefficient (Wildman–Crippen LogP) is 1.35. The smallest absolute Gasteiger partial charge is 0.359 e. The van der Waals surface area contributed by atoms with Crippen LogP contribution in [0.25, 0.3) is 5.78 Å². The van der Waals surface area contributed by atoms with Crippen molar-refractivity contribution < 1.29 is 18.0 Å². The summed E-state index contributed by atoms with van der Waals surface area (Å²) in [5, 5.41) is 6.24. The molecule has 0 unspecified atom stereocenters. The van der Waals surface area contributed by atoms with Crippen LogP contribution in [0.15, 0.2) is 6.07 Å². The van der Waals surface area contributed by atoms with E-state index in [0.717, 1.165) is 30.4 Å². The van der Waals surface area contributed by atoms with Gasteiger partial charge in [-0.05, 0) is 38.8 Å². The lowest BCUT2D eigenvalue weighted by molar-refractivity contribution is -0.144. The van der Waals surface area contributed by atoms with Crippen LogP contribution in [0, 0.1) is 12.8 Å². The molecular formula is C17H24F3N7O. The van der Waals surface area contributed by atoms with Gasteiger partial charge in [-0.3, -0.25) is 9.69 Å². The SMILES string of the molecule is CNC(=O)CN1CCC(CN(C)c2cc(C)nc3nc(C(F)(F)F)nn23)CC1. The van der Waals surface area contributed by atoms with Crippen molar-refractivity contribution in [1.29, 1.82) is 0 Å². The van der Waals surface area contributed by atoms with Crippen molar-refractivity contribution >= 4 is 17.5 Å². The fourth-order valence-electron chi connectivity index (χ4n) is 3.45. The highest BCUT2D eigenvalue weighted by molar-refractivity contribution is 5.77. The van der Waals surface area contributed by atoms with Crippen LogP contribution in [0.1, 0.15) is 24.4 Å². The molecule has 3 heterocycles. The fourth-order valence-corrected chi connectivity index (χ4v) is 3.45. The molecule has 1 aliphatic rings. The minimum atomic E-state index is -4.62. The number of likely N-dealkylation sites (tertiary alicyclic amines) is 1. The van der Waals surface area contributed by atoms with Crippen molar-refractivity contribution in [2.45, 2.75) is 25.9 Å². The van der Waals surface area contributed by atoms with Crippen molar-refractivity contribution in [2.24, 2.45) is 5.92 Å². The molecular weight excluding hydrogens is 375 g/mol. The Labute approximate surface area is 160 Å². The molecule has 1 aliphatic heterocycles. The van der Waals surface area contributed by atoms with E-state index >= 15 is 0 Å². The van der Waals surface area contributed by atoms with E-state index in [0.29, 0.717) is 30.5 Å². The number of rotatable bonds is 5. The van der Waals surface area contributed by atoms with E-state index < -0.39 is 12.0 Å². The summed E-state index contributed by atoms with van der Waals surface area (Å²) in [6.07, 6.45) is -2.78. The van der Waals surface area contributed by atoms with E-state index in [1.807, 2.05) is 11.9 Å². The Morgan fingerprint density at radius 1 is 1.32 bits per heavy atom. The first-order chi connectivity index (χ1) is 13.2.